The molecular formula is C39H26BrNO3. The molecule has 5 aromatic rings. The molecule has 44 heavy (non-hydrogen) atoms. The SMILES string of the molecule is O=C1[C@H]2[C@H](C(=O)N1c1cccc(Br)c1)[C@@]1(c3ccccc3)C(=O)[C@@]2(c2ccccc2)C(c2ccccc2)=C1c1ccccc1. The number of anilines is 1. The van der Waals surface area contributed by atoms with Crippen LogP contribution in [0.15, 0.2) is 150 Å². The van der Waals surface area contributed by atoms with Crippen molar-refractivity contribution in [2.75, 3.05) is 4.90 Å². The predicted octanol–water partition coefficient (Wildman–Crippen LogP) is 7.64. The topological polar surface area (TPSA) is 54.5 Å². The molecule has 0 radical (unpaired) electrons. The average molecular weight is 637 g/mol. The number of nitrogens with zero attached hydrogens (tertiary/aromatic N) is 1. The zero-order chi connectivity index (χ0) is 30.1. The Balaban J connectivity index is 1.56. The zero-order valence-electron chi connectivity index (χ0n) is 23.6. The van der Waals surface area contributed by atoms with Crippen LogP contribution < -0.4 is 4.90 Å². The molecule has 1 saturated carbocycles. The van der Waals surface area contributed by atoms with Gasteiger partial charge in [-0.1, -0.05) is 143 Å². The molecule has 0 N–H and O–H groups in total. The van der Waals surface area contributed by atoms with Crippen LogP contribution >= 0.6 is 15.9 Å². The van der Waals surface area contributed by atoms with Gasteiger partial charge in [-0.05, 0) is 51.6 Å². The molecule has 1 aliphatic heterocycles. The summed E-state index contributed by atoms with van der Waals surface area (Å²) in [6.45, 7) is 0. The van der Waals surface area contributed by atoms with Gasteiger partial charge in [-0.15, -0.1) is 0 Å². The van der Waals surface area contributed by atoms with Gasteiger partial charge in [0.05, 0.1) is 28.4 Å². The summed E-state index contributed by atoms with van der Waals surface area (Å²) in [7, 11) is 0. The van der Waals surface area contributed by atoms with Crippen molar-refractivity contribution < 1.29 is 14.4 Å². The Morgan fingerprint density at radius 2 is 0.909 bits per heavy atom. The molecule has 8 rings (SSSR count). The van der Waals surface area contributed by atoms with Gasteiger partial charge in [0.2, 0.25) is 11.8 Å². The van der Waals surface area contributed by atoms with Crippen LogP contribution in [0.1, 0.15) is 22.3 Å². The minimum Gasteiger partial charge on any atom is -0.297 e. The van der Waals surface area contributed by atoms with Gasteiger partial charge >= 0.3 is 0 Å². The average Bonchev–Trinajstić information content (AvgIpc) is 3.58. The second-order valence-corrected chi connectivity index (χ2v) is 12.5. The van der Waals surface area contributed by atoms with Crippen LogP contribution in [0.4, 0.5) is 5.69 Å². The van der Waals surface area contributed by atoms with Crippen molar-refractivity contribution in [2.45, 2.75) is 10.8 Å². The number of allylic oxidation sites excluding steroid dienone is 2. The summed E-state index contributed by atoms with van der Waals surface area (Å²) < 4.78 is 0.760. The van der Waals surface area contributed by atoms with Crippen LogP contribution in [0.3, 0.4) is 0 Å². The number of halogens is 1. The number of hydrogen-bond donors (Lipinski definition) is 0. The number of ketones is 1. The molecule has 2 fully saturated rings. The predicted molar refractivity (Wildman–Crippen MR) is 175 cm³/mol. The maximum absolute atomic E-state index is 15.8. The van der Waals surface area contributed by atoms with Gasteiger partial charge in [-0.2, -0.15) is 0 Å². The highest BCUT2D eigenvalue weighted by Crippen LogP contribution is 2.74. The van der Waals surface area contributed by atoms with Gasteiger partial charge in [0.15, 0.2) is 5.78 Å². The van der Waals surface area contributed by atoms with Crippen molar-refractivity contribution in [3.63, 3.8) is 0 Å². The van der Waals surface area contributed by atoms with Crippen molar-refractivity contribution in [2.24, 2.45) is 11.8 Å². The smallest absolute Gasteiger partial charge is 0.239 e. The molecule has 2 bridgehead atoms. The Kier molecular flexibility index (Phi) is 5.97. The van der Waals surface area contributed by atoms with E-state index < -0.39 is 22.7 Å². The number of rotatable bonds is 5. The minimum absolute atomic E-state index is 0.120. The molecule has 212 valence electrons. The lowest BCUT2D eigenvalue weighted by atomic mass is 9.59. The van der Waals surface area contributed by atoms with E-state index >= 15 is 4.79 Å². The third-order valence-electron chi connectivity index (χ3n) is 9.64. The number of carbonyl (C=O) groups is 3. The lowest BCUT2D eigenvalue weighted by molar-refractivity contribution is -0.130. The highest BCUT2D eigenvalue weighted by molar-refractivity contribution is 9.10. The lowest BCUT2D eigenvalue weighted by Gasteiger charge is -2.39. The van der Waals surface area contributed by atoms with Crippen molar-refractivity contribution in [3.8, 4) is 0 Å². The summed E-state index contributed by atoms with van der Waals surface area (Å²) in [5.74, 6) is -2.70. The Hall–Kier alpha value is -4.87. The molecule has 5 heteroatoms. The van der Waals surface area contributed by atoms with Crippen molar-refractivity contribution >= 4 is 50.4 Å². The molecular weight excluding hydrogens is 610 g/mol. The lowest BCUT2D eigenvalue weighted by Crippen LogP contribution is -2.45. The van der Waals surface area contributed by atoms with Crippen LogP contribution in [-0.4, -0.2) is 17.6 Å². The maximum Gasteiger partial charge on any atom is 0.239 e. The Morgan fingerprint density at radius 3 is 1.32 bits per heavy atom. The Labute approximate surface area is 263 Å². The van der Waals surface area contributed by atoms with E-state index in [1.165, 1.54) is 4.90 Å². The first-order chi connectivity index (χ1) is 21.5. The third kappa shape index (κ3) is 3.30. The molecule has 5 aromatic carbocycles. The number of Topliss-reactive ketones (excluding diaryl/α,β-unsaturated/α-hetero) is 1. The second-order valence-electron chi connectivity index (χ2n) is 11.6. The van der Waals surface area contributed by atoms with Crippen molar-refractivity contribution in [1.82, 2.24) is 0 Å². The standard InChI is InChI=1S/C39H26BrNO3/c40-29-22-13-23-30(24-29)41-35(42)33-34(36(41)43)39(28-20-11-4-12-21-28)32(26-16-7-2-8-17-26)31(25-14-5-1-6-15-25)38(33,37(39)44)27-18-9-3-10-19-27/h1-24,33-34H/t33-,34-,38+,39+/m1/s1. The molecule has 2 amide bonds. The van der Waals surface area contributed by atoms with Crippen LogP contribution in [-0.2, 0) is 25.2 Å². The number of benzene rings is 5. The van der Waals surface area contributed by atoms with E-state index in [9.17, 15) is 9.59 Å². The van der Waals surface area contributed by atoms with Gasteiger partial charge in [0.25, 0.3) is 0 Å². The normalized spacial score (nSPS) is 25.6. The Morgan fingerprint density at radius 1 is 0.500 bits per heavy atom. The van der Waals surface area contributed by atoms with Crippen LogP contribution in [0.25, 0.3) is 11.1 Å². The fraction of sp³-hybridized carbons (Fsp3) is 0.103. The van der Waals surface area contributed by atoms with Gasteiger partial charge in [0, 0.05) is 4.47 Å². The molecule has 0 unspecified atom stereocenters. The van der Waals surface area contributed by atoms with E-state index in [0.717, 1.165) is 37.9 Å². The molecule has 3 aliphatic rings. The molecule has 1 saturated heterocycles. The second kappa shape index (κ2) is 9.83. The third-order valence-corrected chi connectivity index (χ3v) is 10.1. The summed E-state index contributed by atoms with van der Waals surface area (Å²) >= 11 is 3.52. The molecule has 2 aliphatic carbocycles. The summed E-state index contributed by atoms with van der Waals surface area (Å²) in [6.07, 6.45) is 0. The van der Waals surface area contributed by atoms with Gasteiger partial charge < -0.3 is 0 Å². The van der Waals surface area contributed by atoms with Crippen LogP contribution in [0.5, 0.6) is 0 Å². The molecule has 0 aromatic heterocycles. The number of imide groups is 1. The molecule has 1 heterocycles. The van der Waals surface area contributed by atoms with Crippen molar-refractivity contribution in [3.05, 3.63) is 172 Å². The number of amides is 2. The van der Waals surface area contributed by atoms with E-state index in [0.29, 0.717) is 5.69 Å². The van der Waals surface area contributed by atoms with E-state index in [1.807, 2.05) is 133 Å². The van der Waals surface area contributed by atoms with Crippen LogP contribution in [0, 0.1) is 11.8 Å². The number of hydrogen-bond acceptors (Lipinski definition) is 3. The first kappa shape index (κ1) is 26.7. The number of fused-ring (bicyclic) bond motifs is 5. The van der Waals surface area contributed by atoms with E-state index in [-0.39, 0.29) is 17.6 Å². The fourth-order valence-corrected chi connectivity index (χ4v) is 8.59. The molecule has 0 spiro atoms. The van der Waals surface area contributed by atoms with Crippen LogP contribution in [0.2, 0.25) is 0 Å². The fourth-order valence-electron chi connectivity index (χ4n) is 8.20. The number of carbonyl (C=O) groups excluding carboxylic acids is 3. The summed E-state index contributed by atoms with van der Waals surface area (Å²) in [6, 6.07) is 46.2. The highest BCUT2D eigenvalue weighted by atomic mass is 79.9. The molecule has 4 nitrogen and oxygen atoms in total. The first-order valence-electron chi connectivity index (χ1n) is 14.7. The van der Waals surface area contributed by atoms with Gasteiger partial charge in [0.1, 0.15) is 0 Å². The van der Waals surface area contributed by atoms with E-state index in [1.54, 1.807) is 12.1 Å². The monoisotopic (exact) mass is 635 g/mol. The first-order valence-corrected chi connectivity index (χ1v) is 15.5. The summed E-state index contributed by atoms with van der Waals surface area (Å²) in [4.78, 5) is 47.0. The maximum atomic E-state index is 15.8. The van der Waals surface area contributed by atoms with Crippen molar-refractivity contribution in [1.29, 1.82) is 0 Å². The minimum atomic E-state index is -1.40. The van der Waals surface area contributed by atoms with Gasteiger partial charge in [-0.3, -0.25) is 14.4 Å². The summed E-state index contributed by atoms with van der Waals surface area (Å²) in [5, 5.41) is 0. The zero-order valence-corrected chi connectivity index (χ0v) is 25.1. The Bertz CT molecular complexity index is 1870. The highest BCUT2D eigenvalue weighted by Gasteiger charge is 2.82. The largest absolute Gasteiger partial charge is 0.297 e. The van der Waals surface area contributed by atoms with E-state index in [2.05, 4.69) is 15.9 Å². The van der Waals surface area contributed by atoms with E-state index in [4.69, 9.17) is 0 Å². The quantitative estimate of drug-likeness (QED) is 0.187. The van der Waals surface area contributed by atoms with Gasteiger partial charge in [-0.25, -0.2) is 4.90 Å². The molecule has 4 atom stereocenters. The summed E-state index contributed by atoms with van der Waals surface area (Å²) in [5.41, 5.74) is 2.45.